The molecule has 0 spiro atoms. The summed E-state index contributed by atoms with van der Waals surface area (Å²) in [5.41, 5.74) is 0.460. The third-order valence-electron chi connectivity index (χ3n) is 7.61. The number of halogens is 1. The van der Waals surface area contributed by atoms with Crippen LogP contribution in [0.3, 0.4) is 0 Å². The predicted octanol–water partition coefficient (Wildman–Crippen LogP) is 3.37. The molecule has 0 aromatic carbocycles. The molecular weight excluding hydrogens is 463 g/mol. The number of aromatic nitrogens is 5. The first-order chi connectivity index (χ1) is 17.5. The number of nitrogens with zero attached hydrogens (tertiary/aromatic N) is 5. The van der Waals surface area contributed by atoms with E-state index in [-0.39, 0.29) is 40.8 Å². The molecule has 0 saturated heterocycles. The second kappa shape index (κ2) is 9.00. The van der Waals surface area contributed by atoms with Gasteiger partial charge >= 0.3 is 5.69 Å². The Morgan fingerprint density at radius 1 is 1.00 bits per heavy atom. The van der Waals surface area contributed by atoms with Gasteiger partial charge < -0.3 is 9.72 Å². The summed E-state index contributed by atoms with van der Waals surface area (Å²) in [6.07, 6.45) is 10.7. The average molecular weight is 491 g/mol. The van der Waals surface area contributed by atoms with Gasteiger partial charge in [-0.15, -0.1) is 0 Å². The maximum Gasteiger partial charge on any atom is 0.333 e. The highest BCUT2D eigenvalue weighted by Gasteiger charge is 2.30. The monoisotopic (exact) mass is 490 g/mol. The SMILES string of the molecule is O=C(NC1CCC(n2c(=O)c3cc(F)cnc3n(C3CCCC3)c2=O)CC1)c1cn2ccccc2n1. The van der Waals surface area contributed by atoms with E-state index in [1.807, 2.05) is 24.4 Å². The molecule has 0 unspecified atom stereocenters. The molecule has 0 bridgehead atoms. The summed E-state index contributed by atoms with van der Waals surface area (Å²) in [6, 6.07) is 6.34. The minimum absolute atomic E-state index is 0.0362. The van der Waals surface area contributed by atoms with E-state index in [1.165, 1.54) is 10.6 Å². The molecule has 1 amide bonds. The van der Waals surface area contributed by atoms with E-state index in [4.69, 9.17) is 0 Å². The molecular formula is C26H27FN6O3. The summed E-state index contributed by atoms with van der Waals surface area (Å²) >= 11 is 0. The number of hydrogen-bond acceptors (Lipinski definition) is 5. The van der Waals surface area contributed by atoms with E-state index in [0.717, 1.165) is 31.9 Å². The first-order valence-electron chi connectivity index (χ1n) is 12.6. The van der Waals surface area contributed by atoms with Crippen molar-refractivity contribution in [3.63, 3.8) is 0 Å². The third kappa shape index (κ3) is 3.90. The van der Waals surface area contributed by atoms with Crippen LogP contribution in [0.25, 0.3) is 16.7 Å². The van der Waals surface area contributed by atoms with Gasteiger partial charge in [-0.05, 0) is 56.7 Å². The second-order valence-corrected chi connectivity index (χ2v) is 9.86. The van der Waals surface area contributed by atoms with Crippen molar-refractivity contribution < 1.29 is 9.18 Å². The van der Waals surface area contributed by atoms with Gasteiger partial charge in [0.2, 0.25) is 0 Å². The lowest BCUT2D eigenvalue weighted by Crippen LogP contribution is -2.46. The summed E-state index contributed by atoms with van der Waals surface area (Å²) in [7, 11) is 0. The molecule has 0 aliphatic heterocycles. The lowest BCUT2D eigenvalue weighted by molar-refractivity contribution is 0.0917. The standard InChI is InChI=1S/C26H27FN6O3/c27-16-13-20-23(28-14-16)32(18-5-1-2-6-18)26(36)33(25(20)35)19-10-8-17(9-11-19)29-24(34)21-15-31-12-4-3-7-22(31)30-21/h3-4,7,12-15,17-19H,1-2,5-6,8-11H2,(H,29,34). The molecule has 4 aromatic heterocycles. The highest BCUT2D eigenvalue weighted by molar-refractivity contribution is 5.93. The molecule has 2 saturated carbocycles. The van der Waals surface area contributed by atoms with Crippen LogP contribution >= 0.6 is 0 Å². The molecule has 4 aromatic rings. The van der Waals surface area contributed by atoms with Crippen LogP contribution in [0.2, 0.25) is 0 Å². The van der Waals surface area contributed by atoms with Crippen molar-refractivity contribution in [2.24, 2.45) is 0 Å². The fraction of sp³-hybridized carbons (Fsp3) is 0.423. The number of hydrogen-bond donors (Lipinski definition) is 1. The zero-order chi connectivity index (χ0) is 24.8. The van der Waals surface area contributed by atoms with Gasteiger partial charge in [0, 0.05) is 30.5 Å². The first-order valence-corrected chi connectivity index (χ1v) is 12.6. The van der Waals surface area contributed by atoms with Crippen molar-refractivity contribution in [2.75, 3.05) is 0 Å². The van der Waals surface area contributed by atoms with E-state index >= 15 is 0 Å². The summed E-state index contributed by atoms with van der Waals surface area (Å²) in [5, 5.41) is 3.19. The lowest BCUT2D eigenvalue weighted by Gasteiger charge is -2.30. The van der Waals surface area contributed by atoms with Gasteiger partial charge in [0.1, 0.15) is 22.8 Å². The summed E-state index contributed by atoms with van der Waals surface area (Å²) < 4.78 is 18.8. The van der Waals surface area contributed by atoms with E-state index in [1.54, 1.807) is 15.2 Å². The number of carbonyl (C=O) groups is 1. The van der Waals surface area contributed by atoms with E-state index < -0.39 is 11.4 Å². The normalized spacial score (nSPS) is 20.8. The van der Waals surface area contributed by atoms with Crippen molar-refractivity contribution in [3.8, 4) is 0 Å². The van der Waals surface area contributed by atoms with Gasteiger partial charge in [-0.3, -0.25) is 18.7 Å². The summed E-state index contributed by atoms with van der Waals surface area (Å²) in [5.74, 6) is -0.837. The fourth-order valence-corrected chi connectivity index (χ4v) is 5.80. The van der Waals surface area contributed by atoms with Gasteiger partial charge in [0.15, 0.2) is 0 Å². The molecule has 4 heterocycles. The first kappa shape index (κ1) is 22.6. The fourth-order valence-electron chi connectivity index (χ4n) is 5.80. The zero-order valence-electron chi connectivity index (χ0n) is 19.8. The lowest BCUT2D eigenvalue weighted by atomic mass is 9.90. The minimum atomic E-state index is -0.596. The molecule has 0 atom stereocenters. The van der Waals surface area contributed by atoms with Crippen LogP contribution < -0.4 is 16.6 Å². The summed E-state index contributed by atoms with van der Waals surface area (Å²) in [4.78, 5) is 48.3. The molecule has 9 nitrogen and oxygen atoms in total. The molecule has 1 N–H and O–H groups in total. The zero-order valence-corrected chi connectivity index (χ0v) is 19.8. The minimum Gasteiger partial charge on any atom is -0.348 e. The Morgan fingerprint density at radius 3 is 2.50 bits per heavy atom. The number of carbonyl (C=O) groups excluding carboxylic acids is 1. The molecule has 2 aliphatic rings. The number of nitrogens with one attached hydrogen (secondary N) is 1. The molecule has 2 aliphatic carbocycles. The Morgan fingerprint density at radius 2 is 1.75 bits per heavy atom. The molecule has 2 fully saturated rings. The third-order valence-corrected chi connectivity index (χ3v) is 7.61. The largest absolute Gasteiger partial charge is 0.348 e. The van der Waals surface area contributed by atoms with Crippen molar-refractivity contribution in [1.82, 2.24) is 28.8 Å². The van der Waals surface area contributed by atoms with Crippen molar-refractivity contribution in [1.29, 1.82) is 0 Å². The number of rotatable bonds is 4. The van der Waals surface area contributed by atoms with Gasteiger partial charge in [0.05, 0.1) is 11.6 Å². The van der Waals surface area contributed by atoms with E-state index in [0.29, 0.717) is 37.0 Å². The van der Waals surface area contributed by atoms with Crippen LogP contribution in [0.1, 0.15) is 73.9 Å². The van der Waals surface area contributed by atoms with Gasteiger partial charge in [-0.25, -0.2) is 19.2 Å². The average Bonchev–Trinajstić information content (AvgIpc) is 3.56. The van der Waals surface area contributed by atoms with Crippen LogP contribution in [-0.2, 0) is 0 Å². The molecule has 10 heteroatoms. The maximum absolute atomic E-state index is 14.0. The maximum atomic E-state index is 14.0. The van der Waals surface area contributed by atoms with Gasteiger partial charge in [-0.2, -0.15) is 0 Å². The van der Waals surface area contributed by atoms with Crippen molar-refractivity contribution >= 4 is 22.6 Å². The van der Waals surface area contributed by atoms with Crippen LogP contribution in [0.4, 0.5) is 4.39 Å². The van der Waals surface area contributed by atoms with Crippen molar-refractivity contribution in [3.05, 3.63) is 75.2 Å². The van der Waals surface area contributed by atoms with Crippen molar-refractivity contribution in [2.45, 2.75) is 69.5 Å². The Kier molecular flexibility index (Phi) is 5.66. The smallest absolute Gasteiger partial charge is 0.333 e. The summed E-state index contributed by atoms with van der Waals surface area (Å²) in [6.45, 7) is 0. The highest BCUT2D eigenvalue weighted by Crippen LogP contribution is 2.31. The van der Waals surface area contributed by atoms with Crippen LogP contribution in [0, 0.1) is 5.82 Å². The topological polar surface area (TPSA) is 103 Å². The molecule has 6 rings (SSSR count). The Balaban J connectivity index is 1.25. The van der Waals surface area contributed by atoms with Crippen LogP contribution in [0.15, 0.2) is 52.4 Å². The molecule has 0 radical (unpaired) electrons. The highest BCUT2D eigenvalue weighted by atomic mass is 19.1. The molecule has 186 valence electrons. The molecule has 36 heavy (non-hydrogen) atoms. The Bertz CT molecular complexity index is 1540. The Hall–Kier alpha value is -3.82. The number of pyridine rings is 2. The second-order valence-electron chi connectivity index (χ2n) is 9.86. The van der Waals surface area contributed by atoms with Crippen LogP contribution in [0.5, 0.6) is 0 Å². The van der Waals surface area contributed by atoms with Crippen LogP contribution in [-0.4, -0.2) is 35.5 Å². The van der Waals surface area contributed by atoms with Gasteiger partial charge in [-0.1, -0.05) is 18.9 Å². The number of fused-ring (bicyclic) bond motifs is 2. The van der Waals surface area contributed by atoms with E-state index in [2.05, 4.69) is 15.3 Å². The van der Waals surface area contributed by atoms with E-state index in [9.17, 15) is 18.8 Å². The Labute approximate surface area is 205 Å². The van der Waals surface area contributed by atoms with Gasteiger partial charge in [0.25, 0.3) is 11.5 Å². The number of amides is 1. The predicted molar refractivity (Wildman–Crippen MR) is 132 cm³/mol. The number of imidazole rings is 1. The quantitative estimate of drug-likeness (QED) is 0.473.